The Morgan fingerprint density at radius 3 is 2.44 bits per heavy atom. The summed E-state index contributed by atoms with van der Waals surface area (Å²) >= 11 is 0. The molecule has 1 heterocycles. The number of ether oxygens (including phenoxy) is 1. The second kappa shape index (κ2) is 6.93. The molecular formula is C15H18F3NO5S. The predicted molar refractivity (Wildman–Crippen MR) is 81.7 cm³/mol. The maximum Gasteiger partial charge on any atom is 0.416 e. The number of aliphatic carboxylic acids is 1. The molecule has 1 aromatic carbocycles. The molecule has 10 heteroatoms. The molecule has 1 unspecified atom stereocenters. The highest BCUT2D eigenvalue weighted by Gasteiger charge is 2.36. The van der Waals surface area contributed by atoms with Crippen molar-refractivity contribution in [3.05, 3.63) is 29.3 Å². The highest BCUT2D eigenvalue weighted by atomic mass is 32.2. The lowest BCUT2D eigenvalue weighted by Gasteiger charge is -2.20. The Morgan fingerprint density at radius 1 is 1.40 bits per heavy atom. The third kappa shape index (κ3) is 4.50. The van der Waals surface area contributed by atoms with Crippen LogP contribution in [0.25, 0.3) is 0 Å². The number of rotatable bonds is 7. The van der Waals surface area contributed by atoms with E-state index in [1.807, 2.05) is 0 Å². The Bertz CT molecular complexity index is 759. The van der Waals surface area contributed by atoms with Gasteiger partial charge in [-0.1, -0.05) is 6.92 Å². The van der Waals surface area contributed by atoms with Gasteiger partial charge in [0.2, 0.25) is 10.0 Å². The predicted octanol–water partition coefficient (Wildman–Crippen LogP) is 2.30. The number of sulfonamides is 1. The van der Waals surface area contributed by atoms with Gasteiger partial charge in [-0.15, -0.1) is 0 Å². The molecule has 0 saturated carbocycles. The number of alkyl halides is 3. The fourth-order valence-electron chi connectivity index (χ4n) is 2.43. The monoisotopic (exact) mass is 381 g/mol. The summed E-state index contributed by atoms with van der Waals surface area (Å²) in [6.07, 6.45) is -5.04. The van der Waals surface area contributed by atoms with E-state index < -0.39 is 38.5 Å². The molecule has 6 nitrogen and oxygen atoms in total. The lowest BCUT2D eigenvalue weighted by Crippen LogP contribution is -2.31. The van der Waals surface area contributed by atoms with Crippen molar-refractivity contribution >= 4 is 16.0 Å². The minimum absolute atomic E-state index is 0.0179. The van der Waals surface area contributed by atoms with Crippen molar-refractivity contribution in [2.45, 2.75) is 36.4 Å². The SMILES string of the molecule is CC[C@H](C(=O)O)c1cc(C(F)(F)F)cc(S(=O)(=O)N(C)CC2CO2)c1. The maximum atomic E-state index is 13.1. The average molecular weight is 381 g/mol. The van der Waals surface area contributed by atoms with E-state index in [2.05, 4.69) is 0 Å². The molecule has 2 rings (SSSR count). The van der Waals surface area contributed by atoms with Crippen LogP contribution in [0.15, 0.2) is 23.1 Å². The molecule has 0 aliphatic carbocycles. The topological polar surface area (TPSA) is 87.2 Å². The molecule has 25 heavy (non-hydrogen) atoms. The molecule has 0 amide bonds. The first-order valence-corrected chi connectivity index (χ1v) is 8.93. The first-order chi connectivity index (χ1) is 11.5. The Balaban J connectivity index is 2.54. The summed E-state index contributed by atoms with van der Waals surface area (Å²) in [6, 6.07) is 2.21. The fourth-order valence-corrected chi connectivity index (χ4v) is 3.71. The molecular weight excluding hydrogens is 363 g/mol. The highest BCUT2D eigenvalue weighted by molar-refractivity contribution is 7.89. The standard InChI is InChI=1S/C15H18F3NO5S/c1-3-13(14(20)21)9-4-10(15(16,17)18)6-12(5-9)25(22,23)19(2)7-11-8-24-11/h4-6,11,13H,3,7-8H2,1-2H3,(H,20,21)/t11?,13-/m0/s1. The van der Waals surface area contributed by atoms with Crippen LogP contribution in [0.5, 0.6) is 0 Å². The summed E-state index contributed by atoms with van der Waals surface area (Å²) in [5, 5.41) is 9.19. The van der Waals surface area contributed by atoms with Gasteiger partial charge in [-0.2, -0.15) is 17.5 Å². The Morgan fingerprint density at radius 2 is 2.00 bits per heavy atom. The number of likely N-dealkylation sites (N-methyl/N-ethyl adjacent to an activating group) is 1. The summed E-state index contributed by atoms with van der Waals surface area (Å²) in [4.78, 5) is 10.7. The van der Waals surface area contributed by atoms with Gasteiger partial charge < -0.3 is 9.84 Å². The van der Waals surface area contributed by atoms with Crippen LogP contribution in [-0.2, 0) is 25.7 Å². The van der Waals surface area contributed by atoms with E-state index in [-0.39, 0.29) is 24.6 Å². The van der Waals surface area contributed by atoms with Crippen molar-refractivity contribution in [2.75, 3.05) is 20.2 Å². The van der Waals surface area contributed by atoms with Gasteiger partial charge >= 0.3 is 12.1 Å². The number of epoxide rings is 1. The number of benzene rings is 1. The quantitative estimate of drug-likeness (QED) is 0.733. The van der Waals surface area contributed by atoms with Crippen molar-refractivity contribution in [3.63, 3.8) is 0 Å². The molecule has 1 N–H and O–H groups in total. The Kier molecular flexibility index (Phi) is 5.45. The van der Waals surface area contributed by atoms with Crippen molar-refractivity contribution in [3.8, 4) is 0 Å². The number of nitrogens with zero attached hydrogens (tertiary/aromatic N) is 1. The lowest BCUT2D eigenvalue weighted by molar-refractivity contribution is -0.140. The van der Waals surface area contributed by atoms with E-state index in [1.54, 1.807) is 0 Å². The molecule has 140 valence electrons. The molecule has 0 bridgehead atoms. The van der Waals surface area contributed by atoms with Crippen LogP contribution in [0.2, 0.25) is 0 Å². The molecule has 2 atom stereocenters. The van der Waals surface area contributed by atoms with Gasteiger partial charge in [0.05, 0.1) is 29.1 Å². The van der Waals surface area contributed by atoms with Crippen molar-refractivity contribution in [1.82, 2.24) is 4.31 Å². The van der Waals surface area contributed by atoms with Crippen molar-refractivity contribution in [2.24, 2.45) is 0 Å². The van der Waals surface area contributed by atoms with Crippen LogP contribution >= 0.6 is 0 Å². The molecule has 1 saturated heterocycles. The first kappa shape index (κ1) is 19.7. The third-order valence-corrected chi connectivity index (χ3v) is 5.74. The summed E-state index contributed by atoms with van der Waals surface area (Å²) in [7, 11) is -2.96. The smallest absolute Gasteiger partial charge is 0.416 e. The molecule has 0 spiro atoms. The van der Waals surface area contributed by atoms with Gasteiger partial charge in [0.25, 0.3) is 0 Å². The van der Waals surface area contributed by atoms with E-state index in [4.69, 9.17) is 4.74 Å². The van der Waals surface area contributed by atoms with E-state index in [0.717, 1.165) is 10.4 Å². The molecule has 1 aliphatic rings. The number of hydrogen-bond acceptors (Lipinski definition) is 4. The average Bonchev–Trinajstić information content (AvgIpc) is 3.30. The summed E-state index contributed by atoms with van der Waals surface area (Å²) in [5.41, 5.74) is -1.39. The summed E-state index contributed by atoms with van der Waals surface area (Å²) in [6.45, 7) is 1.92. The summed E-state index contributed by atoms with van der Waals surface area (Å²) in [5.74, 6) is -2.54. The highest BCUT2D eigenvalue weighted by Crippen LogP contribution is 2.35. The molecule has 1 fully saturated rings. The van der Waals surface area contributed by atoms with Gasteiger partial charge in [0.15, 0.2) is 0 Å². The second-order valence-corrected chi connectivity index (χ2v) is 7.87. The van der Waals surface area contributed by atoms with E-state index in [0.29, 0.717) is 18.7 Å². The van der Waals surface area contributed by atoms with E-state index in [9.17, 15) is 31.5 Å². The molecule has 0 radical (unpaired) electrons. The fraction of sp³-hybridized carbons (Fsp3) is 0.533. The maximum absolute atomic E-state index is 13.1. The number of halogens is 3. The van der Waals surface area contributed by atoms with Gasteiger partial charge in [-0.3, -0.25) is 4.79 Å². The van der Waals surface area contributed by atoms with Crippen molar-refractivity contribution in [1.29, 1.82) is 0 Å². The van der Waals surface area contributed by atoms with Gasteiger partial charge in [0, 0.05) is 13.6 Å². The molecule has 1 aromatic rings. The van der Waals surface area contributed by atoms with Crippen LogP contribution in [-0.4, -0.2) is 50.1 Å². The Labute approximate surface area is 143 Å². The number of carboxylic acids is 1. The van der Waals surface area contributed by atoms with Crippen LogP contribution in [0.4, 0.5) is 13.2 Å². The van der Waals surface area contributed by atoms with Crippen LogP contribution in [0.1, 0.15) is 30.4 Å². The zero-order valence-corrected chi connectivity index (χ0v) is 14.4. The molecule has 1 aliphatic heterocycles. The van der Waals surface area contributed by atoms with E-state index in [1.165, 1.54) is 14.0 Å². The largest absolute Gasteiger partial charge is 0.481 e. The van der Waals surface area contributed by atoms with Gasteiger partial charge in [-0.05, 0) is 30.2 Å². The molecule has 0 aromatic heterocycles. The van der Waals surface area contributed by atoms with Crippen LogP contribution < -0.4 is 0 Å². The third-order valence-electron chi connectivity index (χ3n) is 3.94. The Hall–Kier alpha value is -1.65. The van der Waals surface area contributed by atoms with E-state index >= 15 is 0 Å². The van der Waals surface area contributed by atoms with Crippen LogP contribution in [0.3, 0.4) is 0 Å². The number of carbonyl (C=O) groups is 1. The minimum atomic E-state index is -4.80. The normalized spacial score (nSPS) is 19.0. The number of carboxylic acid groups (broad SMARTS) is 1. The zero-order chi connectivity index (χ0) is 19.0. The first-order valence-electron chi connectivity index (χ1n) is 7.49. The summed E-state index contributed by atoms with van der Waals surface area (Å²) < 4.78 is 70.4. The number of hydrogen-bond donors (Lipinski definition) is 1. The van der Waals surface area contributed by atoms with Gasteiger partial charge in [0.1, 0.15) is 0 Å². The van der Waals surface area contributed by atoms with Crippen molar-refractivity contribution < 1.29 is 36.2 Å². The van der Waals surface area contributed by atoms with Gasteiger partial charge in [-0.25, -0.2) is 8.42 Å². The zero-order valence-electron chi connectivity index (χ0n) is 13.6. The lowest BCUT2D eigenvalue weighted by atomic mass is 9.95. The van der Waals surface area contributed by atoms with Crippen LogP contribution in [0, 0.1) is 0 Å². The minimum Gasteiger partial charge on any atom is -0.481 e. The second-order valence-electron chi connectivity index (χ2n) is 5.83.